The van der Waals surface area contributed by atoms with Crippen molar-refractivity contribution >= 4 is 33.2 Å². The SMILES string of the molecule is Cc1nc2c(c3[nH]c4ccccc4c13)C(=NN(C)c1ccccc1)CC(C)(C)C2. The van der Waals surface area contributed by atoms with E-state index in [0.29, 0.717) is 0 Å². The lowest BCUT2D eigenvalue weighted by molar-refractivity contribution is 0.367. The van der Waals surface area contributed by atoms with E-state index in [-0.39, 0.29) is 5.41 Å². The van der Waals surface area contributed by atoms with Crippen LogP contribution in [0.15, 0.2) is 59.7 Å². The lowest BCUT2D eigenvalue weighted by atomic mass is 9.74. The zero-order valence-corrected chi connectivity index (χ0v) is 17.5. The quantitative estimate of drug-likeness (QED) is 0.443. The van der Waals surface area contributed by atoms with Crippen LogP contribution in [0.5, 0.6) is 0 Å². The Morgan fingerprint density at radius 3 is 2.52 bits per heavy atom. The summed E-state index contributed by atoms with van der Waals surface area (Å²) in [5, 5.41) is 9.51. The summed E-state index contributed by atoms with van der Waals surface area (Å²) in [5.41, 5.74) is 8.06. The molecule has 4 heteroatoms. The van der Waals surface area contributed by atoms with Crippen molar-refractivity contribution in [2.45, 2.75) is 33.6 Å². The largest absolute Gasteiger partial charge is 0.354 e. The number of nitrogens with one attached hydrogen (secondary N) is 1. The van der Waals surface area contributed by atoms with E-state index in [1.807, 2.05) is 30.3 Å². The van der Waals surface area contributed by atoms with E-state index in [9.17, 15) is 0 Å². The van der Waals surface area contributed by atoms with Gasteiger partial charge < -0.3 is 4.98 Å². The molecular formula is C25H26N4. The van der Waals surface area contributed by atoms with Crippen molar-refractivity contribution in [2.75, 3.05) is 12.1 Å². The lowest BCUT2D eigenvalue weighted by Gasteiger charge is -2.33. The second-order valence-electron chi connectivity index (χ2n) is 8.86. The number of para-hydroxylation sites is 2. The Bertz CT molecular complexity index is 1250. The van der Waals surface area contributed by atoms with E-state index in [0.717, 1.165) is 41.1 Å². The van der Waals surface area contributed by atoms with Gasteiger partial charge in [0.15, 0.2) is 0 Å². The maximum absolute atomic E-state index is 5.08. The first-order valence-electron chi connectivity index (χ1n) is 10.2. The Hall–Kier alpha value is -3.14. The monoisotopic (exact) mass is 382 g/mol. The fourth-order valence-electron chi connectivity index (χ4n) is 4.63. The van der Waals surface area contributed by atoms with Gasteiger partial charge in [-0.05, 0) is 43.4 Å². The summed E-state index contributed by atoms with van der Waals surface area (Å²) in [7, 11) is 2.02. The molecule has 0 saturated heterocycles. The standard InChI is InChI=1S/C25H26N4/c1-16-22-18-12-8-9-13-19(18)27-24(22)23-20(26-16)14-25(2,3)15-21(23)28-29(4)17-10-6-5-7-11-17/h5-13,27H,14-15H2,1-4H3. The highest BCUT2D eigenvalue weighted by molar-refractivity contribution is 6.18. The molecule has 2 heterocycles. The molecule has 0 spiro atoms. The van der Waals surface area contributed by atoms with E-state index in [4.69, 9.17) is 10.1 Å². The van der Waals surface area contributed by atoms with Gasteiger partial charge in [0.05, 0.1) is 22.6 Å². The number of fused-ring (bicyclic) bond motifs is 5. The fraction of sp³-hybridized carbons (Fsp3) is 0.280. The molecule has 0 amide bonds. The number of aryl methyl sites for hydroxylation is 1. The lowest BCUT2D eigenvalue weighted by Crippen LogP contribution is -2.30. The number of hydrogen-bond donors (Lipinski definition) is 1. The van der Waals surface area contributed by atoms with Crippen molar-refractivity contribution in [1.29, 1.82) is 0 Å². The van der Waals surface area contributed by atoms with Gasteiger partial charge in [-0.15, -0.1) is 0 Å². The first-order chi connectivity index (χ1) is 13.9. The molecule has 0 saturated carbocycles. The minimum atomic E-state index is 0.127. The van der Waals surface area contributed by atoms with E-state index in [1.165, 1.54) is 21.9 Å². The summed E-state index contributed by atoms with van der Waals surface area (Å²) < 4.78 is 0. The van der Waals surface area contributed by atoms with Crippen molar-refractivity contribution in [3.63, 3.8) is 0 Å². The molecule has 4 aromatic rings. The molecule has 0 aliphatic heterocycles. The first-order valence-corrected chi connectivity index (χ1v) is 10.2. The molecule has 0 unspecified atom stereocenters. The smallest absolute Gasteiger partial charge is 0.0726 e. The van der Waals surface area contributed by atoms with Crippen LogP contribution in [-0.4, -0.2) is 22.7 Å². The second-order valence-corrected chi connectivity index (χ2v) is 8.86. The van der Waals surface area contributed by atoms with Crippen molar-refractivity contribution in [3.8, 4) is 0 Å². The minimum absolute atomic E-state index is 0.127. The summed E-state index contributed by atoms with van der Waals surface area (Å²) in [6.07, 6.45) is 1.88. The molecule has 0 fully saturated rings. The van der Waals surface area contributed by atoms with Crippen molar-refractivity contribution in [1.82, 2.24) is 9.97 Å². The summed E-state index contributed by atoms with van der Waals surface area (Å²) in [5.74, 6) is 0. The number of nitrogens with zero attached hydrogens (tertiary/aromatic N) is 3. The van der Waals surface area contributed by atoms with Gasteiger partial charge in [0.2, 0.25) is 0 Å². The van der Waals surface area contributed by atoms with E-state index in [2.05, 4.69) is 62.2 Å². The summed E-state index contributed by atoms with van der Waals surface area (Å²) >= 11 is 0. The van der Waals surface area contributed by atoms with Gasteiger partial charge in [0.1, 0.15) is 0 Å². The Kier molecular flexibility index (Phi) is 3.98. The normalized spacial score (nSPS) is 17.0. The third-order valence-corrected chi connectivity index (χ3v) is 5.89. The highest BCUT2D eigenvalue weighted by Crippen LogP contribution is 2.40. The predicted octanol–water partition coefficient (Wildman–Crippen LogP) is 5.84. The molecule has 0 atom stereocenters. The molecular weight excluding hydrogens is 356 g/mol. The van der Waals surface area contributed by atoms with Crippen LogP contribution in [0.3, 0.4) is 0 Å². The van der Waals surface area contributed by atoms with Gasteiger partial charge in [-0.3, -0.25) is 9.99 Å². The molecule has 29 heavy (non-hydrogen) atoms. The Morgan fingerprint density at radius 2 is 1.72 bits per heavy atom. The van der Waals surface area contributed by atoms with E-state index >= 15 is 0 Å². The number of aromatic nitrogens is 2. The molecule has 1 aliphatic carbocycles. The average molecular weight is 383 g/mol. The second kappa shape index (κ2) is 6.45. The maximum atomic E-state index is 5.08. The number of H-pyrrole nitrogens is 1. The number of benzene rings is 2. The number of anilines is 1. The Balaban J connectivity index is 1.78. The number of hydrogen-bond acceptors (Lipinski definition) is 3. The highest BCUT2D eigenvalue weighted by atomic mass is 15.4. The van der Waals surface area contributed by atoms with Gasteiger partial charge in [-0.25, -0.2) is 0 Å². The Morgan fingerprint density at radius 1 is 1.00 bits per heavy atom. The van der Waals surface area contributed by atoms with Gasteiger partial charge >= 0.3 is 0 Å². The van der Waals surface area contributed by atoms with Crippen molar-refractivity contribution in [2.24, 2.45) is 10.5 Å². The number of pyridine rings is 1. The summed E-state index contributed by atoms with van der Waals surface area (Å²) in [4.78, 5) is 8.75. The van der Waals surface area contributed by atoms with Crippen molar-refractivity contribution < 1.29 is 0 Å². The zero-order valence-electron chi connectivity index (χ0n) is 17.5. The van der Waals surface area contributed by atoms with Crippen LogP contribution in [0.4, 0.5) is 5.69 Å². The van der Waals surface area contributed by atoms with Crippen LogP contribution in [0.25, 0.3) is 21.8 Å². The molecule has 0 radical (unpaired) electrons. The van der Waals surface area contributed by atoms with Crippen LogP contribution in [0, 0.1) is 12.3 Å². The topological polar surface area (TPSA) is 44.3 Å². The van der Waals surface area contributed by atoms with Crippen LogP contribution in [0.1, 0.15) is 37.2 Å². The van der Waals surface area contributed by atoms with Crippen LogP contribution in [0.2, 0.25) is 0 Å². The van der Waals surface area contributed by atoms with Gasteiger partial charge in [0, 0.05) is 34.6 Å². The Labute approximate surface area is 171 Å². The highest BCUT2D eigenvalue weighted by Gasteiger charge is 2.33. The van der Waals surface area contributed by atoms with E-state index < -0.39 is 0 Å². The molecule has 1 N–H and O–H groups in total. The third kappa shape index (κ3) is 3.00. The number of hydrazone groups is 1. The molecule has 5 rings (SSSR count). The van der Waals surface area contributed by atoms with Crippen molar-refractivity contribution in [3.05, 3.63) is 71.5 Å². The third-order valence-electron chi connectivity index (χ3n) is 5.89. The first kappa shape index (κ1) is 17.9. The average Bonchev–Trinajstić information content (AvgIpc) is 3.07. The summed E-state index contributed by atoms with van der Waals surface area (Å²) in [6.45, 7) is 6.73. The molecule has 4 nitrogen and oxygen atoms in total. The fourth-order valence-corrected chi connectivity index (χ4v) is 4.63. The van der Waals surface area contributed by atoms with E-state index in [1.54, 1.807) is 0 Å². The molecule has 2 aromatic heterocycles. The maximum Gasteiger partial charge on any atom is 0.0726 e. The van der Waals surface area contributed by atoms with Crippen LogP contribution in [-0.2, 0) is 6.42 Å². The zero-order chi connectivity index (χ0) is 20.2. The van der Waals surface area contributed by atoms with Gasteiger partial charge in [0.25, 0.3) is 0 Å². The number of rotatable bonds is 2. The molecule has 0 bridgehead atoms. The molecule has 1 aliphatic rings. The minimum Gasteiger partial charge on any atom is -0.354 e. The van der Waals surface area contributed by atoms with Crippen LogP contribution >= 0.6 is 0 Å². The molecule has 2 aromatic carbocycles. The predicted molar refractivity (Wildman–Crippen MR) is 122 cm³/mol. The summed E-state index contributed by atoms with van der Waals surface area (Å²) in [6, 6.07) is 18.8. The van der Waals surface area contributed by atoms with Gasteiger partial charge in [-0.2, -0.15) is 5.10 Å². The number of aromatic amines is 1. The van der Waals surface area contributed by atoms with Crippen LogP contribution < -0.4 is 5.01 Å². The van der Waals surface area contributed by atoms with Gasteiger partial charge in [-0.1, -0.05) is 50.2 Å². The molecule has 146 valence electrons.